The van der Waals surface area contributed by atoms with Crippen molar-refractivity contribution in [3.05, 3.63) is 59.7 Å². The quantitative estimate of drug-likeness (QED) is 0.876. The molecule has 108 valence electrons. The third-order valence-corrected chi connectivity index (χ3v) is 3.05. The summed E-state index contributed by atoms with van der Waals surface area (Å²) in [5, 5.41) is 0. The number of rotatable bonds is 4. The highest BCUT2D eigenvalue weighted by Gasteiger charge is 2.14. The third-order valence-electron chi connectivity index (χ3n) is 3.05. The maximum Gasteiger partial charge on any atom is 0.274 e. The highest BCUT2D eigenvalue weighted by molar-refractivity contribution is 5.94. The number of benzene rings is 2. The van der Waals surface area contributed by atoms with E-state index in [9.17, 15) is 4.79 Å². The fourth-order valence-corrected chi connectivity index (χ4v) is 2.00. The zero-order chi connectivity index (χ0) is 14.5. The summed E-state index contributed by atoms with van der Waals surface area (Å²) >= 11 is 0. The van der Waals surface area contributed by atoms with Crippen LogP contribution in [0, 0.1) is 0 Å². The summed E-state index contributed by atoms with van der Waals surface area (Å²) in [7, 11) is 0. The highest BCUT2D eigenvalue weighted by atomic mass is 16.6. The van der Waals surface area contributed by atoms with E-state index >= 15 is 0 Å². The van der Waals surface area contributed by atoms with Gasteiger partial charge in [0.1, 0.15) is 13.2 Å². The molecule has 1 aliphatic heterocycles. The van der Waals surface area contributed by atoms with Gasteiger partial charge in [0.2, 0.25) is 0 Å². The number of hydrogen-bond acceptors (Lipinski definition) is 4. The summed E-state index contributed by atoms with van der Waals surface area (Å²) in [6, 6.07) is 14.7. The lowest BCUT2D eigenvalue weighted by atomic mass is 10.2. The molecule has 5 nitrogen and oxygen atoms in total. The van der Waals surface area contributed by atoms with E-state index in [0.29, 0.717) is 36.9 Å². The van der Waals surface area contributed by atoms with Gasteiger partial charge in [0.25, 0.3) is 5.91 Å². The average Bonchev–Trinajstić information content (AvgIpc) is 2.55. The number of ether oxygens (including phenoxy) is 2. The van der Waals surface area contributed by atoms with Crippen LogP contribution in [-0.2, 0) is 11.4 Å². The maximum absolute atomic E-state index is 12.0. The Kier molecular flexibility index (Phi) is 4.02. The van der Waals surface area contributed by atoms with E-state index in [4.69, 9.17) is 14.3 Å². The molecule has 5 heteroatoms. The van der Waals surface area contributed by atoms with E-state index in [1.54, 1.807) is 18.2 Å². The molecule has 1 amide bonds. The first-order chi connectivity index (χ1) is 10.3. The first kappa shape index (κ1) is 13.5. The van der Waals surface area contributed by atoms with Crippen molar-refractivity contribution in [2.75, 3.05) is 13.2 Å². The molecule has 0 fully saturated rings. The number of hydrogen-bond donors (Lipinski definition) is 1. The molecule has 2 aromatic rings. The molecule has 0 saturated heterocycles. The SMILES string of the molecule is O=C(NOCc1ccccc1)c1ccc2c(c1)OCCO2. The fraction of sp³-hybridized carbons (Fsp3) is 0.188. The number of nitrogens with one attached hydrogen (secondary N) is 1. The number of carbonyl (C=O) groups excluding carboxylic acids is 1. The largest absolute Gasteiger partial charge is 0.486 e. The molecule has 0 spiro atoms. The van der Waals surface area contributed by atoms with Crippen molar-refractivity contribution in [1.82, 2.24) is 5.48 Å². The Morgan fingerprint density at radius 1 is 1.05 bits per heavy atom. The fourth-order valence-electron chi connectivity index (χ4n) is 2.00. The van der Waals surface area contributed by atoms with Gasteiger partial charge in [-0.1, -0.05) is 30.3 Å². The lowest BCUT2D eigenvalue weighted by Crippen LogP contribution is -2.24. The minimum Gasteiger partial charge on any atom is -0.486 e. The molecule has 0 saturated carbocycles. The summed E-state index contributed by atoms with van der Waals surface area (Å²) < 4.78 is 10.9. The standard InChI is InChI=1S/C16H15NO4/c18-16(17-21-11-12-4-2-1-3-5-12)13-6-7-14-15(10-13)20-9-8-19-14/h1-7,10H,8-9,11H2,(H,17,18). The first-order valence-electron chi connectivity index (χ1n) is 6.68. The average molecular weight is 285 g/mol. The van der Waals surface area contributed by atoms with Gasteiger partial charge in [0, 0.05) is 5.56 Å². The van der Waals surface area contributed by atoms with Crippen molar-refractivity contribution in [1.29, 1.82) is 0 Å². The smallest absolute Gasteiger partial charge is 0.274 e. The van der Waals surface area contributed by atoms with Crippen LogP contribution in [0.5, 0.6) is 11.5 Å². The van der Waals surface area contributed by atoms with Gasteiger partial charge in [-0.25, -0.2) is 5.48 Å². The molecule has 1 N–H and O–H groups in total. The minimum atomic E-state index is -0.317. The van der Waals surface area contributed by atoms with Crippen LogP contribution in [0.1, 0.15) is 15.9 Å². The van der Waals surface area contributed by atoms with Crippen molar-refractivity contribution >= 4 is 5.91 Å². The normalized spacial score (nSPS) is 12.8. The van der Waals surface area contributed by atoms with Gasteiger partial charge in [0.15, 0.2) is 11.5 Å². The van der Waals surface area contributed by atoms with E-state index < -0.39 is 0 Å². The van der Waals surface area contributed by atoms with Gasteiger partial charge < -0.3 is 9.47 Å². The predicted octanol–water partition coefficient (Wildman–Crippen LogP) is 2.32. The summed E-state index contributed by atoms with van der Waals surface area (Å²) in [5.74, 6) is 0.919. The second-order valence-electron chi connectivity index (χ2n) is 4.56. The summed E-state index contributed by atoms with van der Waals surface area (Å²) in [6.07, 6.45) is 0. The first-order valence-corrected chi connectivity index (χ1v) is 6.68. The predicted molar refractivity (Wildman–Crippen MR) is 76.1 cm³/mol. The van der Waals surface area contributed by atoms with Crippen LogP contribution >= 0.6 is 0 Å². The Bertz CT molecular complexity index is 627. The van der Waals surface area contributed by atoms with Gasteiger partial charge in [-0.05, 0) is 23.8 Å². The van der Waals surface area contributed by atoms with Crippen LogP contribution in [-0.4, -0.2) is 19.1 Å². The van der Waals surface area contributed by atoms with E-state index in [1.807, 2.05) is 30.3 Å². The van der Waals surface area contributed by atoms with Gasteiger partial charge in [-0.15, -0.1) is 0 Å². The third kappa shape index (κ3) is 3.32. The van der Waals surface area contributed by atoms with E-state index in [2.05, 4.69) is 5.48 Å². The van der Waals surface area contributed by atoms with Crippen molar-refractivity contribution < 1.29 is 19.1 Å². The molecule has 1 heterocycles. The van der Waals surface area contributed by atoms with Crippen LogP contribution in [0.4, 0.5) is 0 Å². The van der Waals surface area contributed by atoms with Crippen LogP contribution in [0.2, 0.25) is 0 Å². The molecule has 0 unspecified atom stereocenters. The maximum atomic E-state index is 12.0. The molecule has 0 bridgehead atoms. The Morgan fingerprint density at radius 3 is 2.62 bits per heavy atom. The lowest BCUT2D eigenvalue weighted by molar-refractivity contribution is 0.0233. The molecule has 1 aliphatic rings. The second-order valence-corrected chi connectivity index (χ2v) is 4.56. The van der Waals surface area contributed by atoms with Gasteiger partial charge in [0.05, 0.1) is 6.61 Å². The molecule has 2 aromatic carbocycles. The minimum absolute atomic E-state index is 0.317. The number of amides is 1. The molecule has 3 rings (SSSR count). The van der Waals surface area contributed by atoms with E-state index in [-0.39, 0.29) is 5.91 Å². The van der Waals surface area contributed by atoms with Crippen LogP contribution < -0.4 is 15.0 Å². The Hall–Kier alpha value is -2.53. The summed E-state index contributed by atoms with van der Waals surface area (Å²) in [6.45, 7) is 1.33. The van der Waals surface area contributed by atoms with E-state index in [1.165, 1.54) is 0 Å². The molecule has 0 atom stereocenters. The molecular weight excluding hydrogens is 270 g/mol. The van der Waals surface area contributed by atoms with Gasteiger partial charge >= 0.3 is 0 Å². The van der Waals surface area contributed by atoms with Crippen LogP contribution in [0.25, 0.3) is 0 Å². The molecular formula is C16H15NO4. The Balaban J connectivity index is 1.58. The van der Waals surface area contributed by atoms with Crippen molar-refractivity contribution in [3.8, 4) is 11.5 Å². The van der Waals surface area contributed by atoms with Crippen LogP contribution in [0.15, 0.2) is 48.5 Å². The monoisotopic (exact) mass is 285 g/mol. The number of fused-ring (bicyclic) bond motifs is 1. The molecule has 0 aromatic heterocycles. The van der Waals surface area contributed by atoms with Gasteiger partial charge in [-0.2, -0.15) is 0 Å². The van der Waals surface area contributed by atoms with Crippen molar-refractivity contribution in [3.63, 3.8) is 0 Å². The topological polar surface area (TPSA) is 56.8 Å². The molecule has 0 aliphatic carbocycles. The Labute approximate surface area is 122 Å². The summed E-state index contributed by atoms with van der Waals surface area (Å²) in [4.78, 5) is 17.2. The summed E-state index contributed by atoms with van der Waals surface area (Å²) in [5.41, 5.74) is 3.87. The Morgan fingerprint density at radius 2 is 1.81 bits per heavy atom. The van der Waals surface area contributed by atoms with Crippen molar-refractivity contribution in [2.45, 2.75) is 6.61 Å². The molecule has 0 radical (unpaired) electrons. The van der Waals surface area contributed by atoms with Crippen LogP contribution in [0.3, 0.4) is 0 Å². The second kappa shape index (κ2) is 6.28. The number of hydroxylamine groups is 1. The molecule has 21 heavy (non-hydrogen) atoms. The zero-order valence-electron chi connectivity index (χ0n) is 11.4. The van der Waals surface area contributed by atoms with E-state index in [0.717, 1.165) is 5.56 Å². The highest BCUT2D eigenvalue weighted by Crippen LogP contribution is 2.30. The number of carbonyl (C=O) groups is 1. The lowest BCUT2D eigenvalue weighted by Gasteiger charge is -2.18. The zero-order valence-corrected chi connectivity index (χ0v) is 11.4. The van der Waals surface area contributed by atoms with Gasteiger partial charge in [-0.3, -0.25) is 9.63 Å². The van der Waals surface area contributed by atoms with Crippen molar-refractivity contribution in [2.24, 2.45) is 0 Å².